The Kier molecular flexibility index (Phi) is 15.7. The van der Waals surface area contributed by atoms with Crippen LogP contribution in [0.2, 0.25) is 0 Å². The molecule has 0 spiro atoms. The van der Waals surface area contributed by atoms with Crippen LogP contribution in [0.25, 0.3) is 0 Å². The summed E-state index contributed by atoms with van der Waals surface area (Å²) in [6.07, 6.45) is 0. The van der Waals surface area contributed by atoms with E-state index in [2.05, 4.69) is 37.2 Å². The summed E-state index contributed by atoms with van der Waals surface area (Å²) in [4.78, 5) is 96.6. The molecule has 18 heteroatoms. The number of carboxylic acids is 1. The minimum Gasteiger partial charge on any atom is -0.480 e. The Bertz CT molecular complexity index is 1040. The van der Waals surface area contributed by atoms with Gasteiger partial charge in [-0.05, 0) is 48.5 Å². The van der Waals surface area contributed by atoms with Gasteiger partial charge in [-0.1, -0.05) is 0 Å². The first kappa shape index (κ1) is 37.7. The molecule has 0 aromatic heterocycles. The van der Waals surface area contributed by atoms with Gasteiger partial charge in [-0.3, -0.25) is 38.4 Å². The molecule has 0 aromatic rings. The second kappa shape index (κ2) is 17.5. The molecule has 0 saturated heterocycles. The number of hydrogen-bond acceptors (Lipinski definition) is 10. The van der Waals surface area contributed by atoms with E-state index in [1.54, 1.807) is 0 Å². The van der Waals surface area contributed by atoms with Gasteiger partial charge in [0.2, 0.25) is 41.4 Å². The Hall–Kier alpha value is -4.32. The average Bonchev–Trinajstić information content (AvgIpc) is 2.90. The zero-order valence-electron chi connectivity index (χ0n) is 24.6. The molecule has 238 valence electrons. The molecule has 42 heavy (non-hydrogen) atoms. The number of amides is 7. The van der Waals surface area contributed by atoms with Crippen molar-refractivity contribution in [1.29, 1.82) is 0 Å². The zero-order valence-corrected chi connectivity index (χ0v) is 24.6. The van der Waals surface area contributed by atoms with E-state index < -0.39 is 102 Å². The molecule has 0 aliphatic carbocycles. The van der Waals surface area contributed by atoms with Crippen LogP contribution in [-0.4, -0.2) is 112 Å². The van der Waals surface area contributed by atoms with Crippen molar-refractivity contribution in [1.82, 2.24) is 37.2 Å². The average molecular weight is 603 g/mol. The third-order valence-electron chi connectivity index (χ3n) is 5.72. The van der Waals surface area contributed by atoms with Crippen LogP contribution < -0.4 is 43.0 Å². The zero-order chi connectivity index (χ0) is 32.9. The van der Waals surface area contributed by atoms with E-state index >= 15 is 0 Å². The Morgan fingerprint density at radius 2 is 0.738 bits per heavy atom. The standard InChI is InChI=1S/C24H42N8O10/c1-9(25)17(34)32-16(8-33)23(40)30-14(6)21(38)28-12(4)19(36)26-10(2)18(35)27-11(3)20(37)29-13(5)22(39)31-15(7)24(41)42/h9-16,33H,8,25H2,1-7H3,(H,26,36)(H,27,35)(H,28,38)(H,29,37)(H,30,40)(H,31,39)(H,32,34)(H,41,42). The van der Waals surface area contributed by atoms with Crippen molar-refractivity contribution in [2.24, 2.45) is 5.73 Å². The number of rotatable bonds is 16. The molecule has 8 atom stereocenters. The van der Waals surface area contributed by atoms with Crippen molar-refractivity contribution in [3.8, 4) is 0 Å². The monoisotopic (exact) mass is 602 g/mol. The van der Waals surface area contributed by atoms with E-state index in [9.17, 15) is 43.5 Å². The van der Waals surface area contributed by atoms with Crippen LogP contribution in [-0.2, 0) is 38.4 Å². The number of aliphatic carboxylic acids is 1. The fourth-order valence-electron chi connectivity index (χ4n) is 2.89. The summed E-state index contributed by atoms with van der Waals surface area (Å²) in [6, 6.07) is -9.19. The molecule has 0 aromatic carbocycles. The third-order valence-corrected chi connectivity index (χ3v) is 5.72. The van der Waals surface area contributed by atoms with Crippen molar-refractivity contribution in [3.63, 3.8) is 0 Å². The molecule has 0 bridgehead atoms. The first-order valence-corrected chi connectivity index (χ1v) is 13.0. The SMILES string of the molecule is CC(N)C(=O)NC(CO)C(=O)NC(C)C(=O)NC(C)C(=O)NC(C)C(=O)NC(C)C(=O)NC(C)C(=O)NC(C)C(=O)O. The minimum atomic E-state index is -1.36. The van der Waals surface area contributed by atoms with Gasteiger partial charge in [0.05, 0.1) is 12.6 Å². The van der Waals surface area contributed by atoms with Gasteiger partial charge in [-0.2, -0.15) is 0 Å². The quantitative estimate of drug-likeness (QED) is 0.0797. The van der Waals surface area contributed by atoms with Crippen molar-refractivity contribution < 1.29 is 48.6 Å². The van der Waals surface area contributed by atoms with Gasteiger partial charge in [0.25, 0.3) is 0 Å². The van der Waals surface area contributed by atoms with Crippen molar-refractivity contribution >= 4 is 47.3 Å². The lowest BCUT2D eigenvalue weighted by Crippen LogP contribution is -2.58. The van der Waals surface area contributed by atoms with Gasteiger partial charge in [0, 0.05) is 0 Å². The summed E-state index contributed by atoms with van der Waals surface area (Å²) in [5.74, 6) is -6.61. The maximum Gasteiger partial charge on any atom is 0.325 e. The predicted molar refractivity (Wildman–Crippen MR) is 146 cm³/mol. The van der Waals surface area contributed by atoms with Crippen LogP contribution in [0.4, 0.5) is 0 Å². The van der Waals surface area contributed by atoms with Gasteiger partial charge in [-0.25, -0.2) is 0 Å². The van der Waals surface area contributed by atoms with Crippen molar-refractivity contribution in [2.75, 3.05) is 6.61 Å². The van der Waals surface area contributed by atoms with Crippen LogP contribution in [0.1, 0.15) is 48.5 Å². The molecule has 0 aliphatic heterocycles. The molecular weight excluding hydrogens is 560 g/mol. The first-order chi connectivity index (χ1) is 19.3. The van der Waals surface area contributed by atoms with E-state index in [1.165, 1.54) is 48.5 Å². The molecule has 0 rings (SSSR count). The Morgan fingerprint density at radius 1 is 0.476 bits per heavy atom. The molecule has 8 unspecified atom stereocenters. The number of hydrogen-bond donors (Lipinski definition) is 10. The van der Waals surface area contributed by atoms with Crippen LogP contribution in [0.15, 0.2) is 0 Å². The van der Waals surface area contributed by atoms with Crippen molar-refractivity contribution in [2.45, 2.75) is 96.8 Å². The van der Waals surface area contributed by atoms with Crippen LogP contribution >= 0.6 is 0 Å². The van der Waals surface area contributed by atoms with Crippen LogP contribution in [0, 0.1) is 0 Å². The van der Waals surface area contributed by atoms with Crippen LogP contribution in [0.3, 0.4) is 0 Å². The van der Waals surface area contributed by atoms with Gasteiger partial charge in [0.1, 0.15) is 42.3 Å². The first-order valence-electron chi connectivity index (χ1n) is 13.0. The normalized spacial score (nSPS) is 16.4. The van der Waals surface area contributed by atoms with E-state index in [1.807, 2.05) is 0 Å². The number of nitrogens with two attached hydrogens (primary N) is 1. The Labute approximate surface area is 242 Å². The number of nitrogens with one attached hydrogen (secondary N) is 7. The van der Waals surface area contributed by atoms with E-state index in [-0.39, 0.29) is 0 Å². The number of carbonyl (C=O) groups is 8. The Morgan fingerprint density at radius 3 is 0.976 bits per heavy atom. The summed E-state index contributed by atoms with van der Waals surface area (Å²) >= 11 is 0. The molecule has 11 N–H and O–H groups in total. The van der Waals surface area contributed by atoms with Crippen molar-refractivity contribution in [3.05, 3.63) is 0 Å². The lowest BCUT2D eigenvalue weighted by molar-refractivity contribution is -0.141. The fraction of sp³-hybridized carbons (Fsp3) is 0.667. The van der Waals surface area contributed by atoms with Gasteiger partial charge in [-0.15, -0.1) is 0 Å². The second-order valence-electron chi connectivity index (χ2n) is 9.75. The van der Waals surface area contributed by atoms with Gasteiger partial charge >= 0.3 is 5.97 Å². The molecule has 0 heterocycles. The lowest BCUT2D eigenvalue weighted by atomic mass is 10.2. The van der Waals surface area contributed by atoms with Crippen LogP contribution in [0.5, 0.6) is 0 Å². The summed E-state index contributed by atoms with van der Waals surface area (Å²) in [7, 11) is 0. The summed E-state index contributed by atoms with van der Waals surface area (Å²) in [5.41, 5.74) is 5.41. The van der Waals surface area contributed by atoms with E-state index in [0.29, 0.717) is 0 Å². The third kappa shape index (κ3) is 12.9. The highest BCUT2D eigenvalue weighted by molar-refractivity contribution is 5.97. The highest BCUT2D eigenvalue weighted by atomic mass is 16.4. The maximum absolute atomic E-state index is 12.5. The molecule has 18 nitrogen and oxygen atoms in total. The molecule has 0 aliphatic rings. The van der Waals surface area contributed by atoms with Gasteiger partial charge in [0.15, 0.2) is 0 Å². The fourth-order valence-corrected chi connectivity index (χ4v) is 2.89. The molecule has 7 amide bonds. The lowest BCUT2D eigenvalue weighted by Gasteiger charge is -2.23. The number of aliphatic hydroxyl groups excluding tert-OH is 1. The topological polar surface area (TPSA) is 287 Å². The number of carbonyl (C=O) groups excluding carboxylic acids is 7. The predicted octanol–water partition coefficient (Wildman–Crippen LogP) is -5.08. The highest BCUT2D eigenvalue weighted by Gasteiger charge is 2.28. The molecule has 0 saturated carbocycles. The highest BCUT2D eigenvalue weighted by Crippen LogP contribution is 1.95. The maximum atomic E-state index is 12.5. The molecular formula is C24H42N8O10. The van der Waals surface area contributed by atoms with E-state index in [4.69, 9.17) is 10.8 Å². The number of aliphatic hydroxyl groups is 1. The molecule has 0 fully saturated rings. The molecule has 0 radical (unpaired) electrons. The summed E-state index contributed by atoms with van der Waals surface area (Å²) in [6.45, 7) is 8.48. The number of carboxylic acid groups (broad SMARTS) is 1. The Balaban J connectivity index is 4.83. The largest absolute Gasteiger partial charge is 0.480 e. The smallest absolute Gasteiger partial charge is 0.325 e. The summed E-state index contributed by atoms with van der Waals surface area (Å²) in [5, 5.41) is 34.3. The minimum absolute atomic E-state index is 0.690. The summed E-state index contributed by atoms with van der Waals surface area (Å²) < 4.78 is 0. The van der Waals surface area contributed by atoms with Gasteiger partial charge < -0.3 is 53.2 Å². The van der Waals surface area contributed by atoms with E-state index in [0.717, 1.165) is 0 Å². The second-order valence-corrected chi connectivity index (χ2v) is 9.75.